The van der Waals surface area contributed by atoms with Gasteiger partial charge in [-0.2, -0.15) is 0 Å². The van der Waals surface area contributed by atoms with E-state index in [0.29, 0.717) is 36.0 Å². The molecule has 1 aliphatic rings. The molecule has 1 heterocycles. The minimum atomic E-state index is -0.213. The summed E-state index contributed by atoms with van der Waals surface area (Å²) in [5.41, 5.74) is 2.80. The van der Waals surface area contributed by atoms with Gasteiger partial charge in [0.2, 0.25) is 5.91 Å². The number of carbonyl (C=O) groups is 2. The van der Waals surface area contributed by atoms with Crippen molar-refractivity contribution < 1.29 is 14.3 Å². The van der Waals surface area contributed by atoms with E-state index >= 15 is 0 Å². The summed E-state index contributed by atoms with van der Waals surface area (Å²) in [5, 5.41) is 6.36. The summed E-state index contributed by atoms with van der Waals surface area (Å²) < 4.78 is 5.29. The summed E-state index contributed by atoms with van der Waals surface area (Å²) >= 11 is 5.84. The van der Waals surface area contributed by atoms with Crippen molar-refractivity contribution in [2.75, 3.05) is 43.5 Å². The summed E-state index contributed by atoms with van der Waals surface area (Å²) in [6.07, 6.45) is 0. The molecule has 2 amide bonds. The van der Waals surface area contributed by atoms with Crippen molar-refractivity contribution in [3.8, 4) is 0 Å². The van der Waals surface area contributed by atoms with E-state index in [4.69, 9.17) is 16.3 Å². The molecule has 0 aromatic heterocycles. The van der Waals surface area contributed by atoms with Crippen LogP contribution < -0.4 is 10.6 Å². The van der Waals surface area contributed by atoms with Crippen LogP contribution >= 0.6 is 11.6 Å². The van der Waals surface area contributed by atoms with Crippen molar-refractivity contribution in [1.29, 1.82) is 0 Å². The Morgan fingerprint density at radius 1 is 1.07 bits per heavy atom. The van der Waals surface area contributed by atoms with Gasteiger partial charge in [-0.15, -0.1) is 0 Å². The highest BCUT2D eigenvalue weighted by Gasteiger charge is 2.15. The van der Waals surface area contributed by atoms with E-state index in [1.807, 2.05) is 13.0 Å². The summed E-state index contributed by atoms with van der Waals surface area (Å²) in [6, 6.07) is 12.1. The van der Waals surface area contributed by atoms with Crippen LogP contribution in [0.1, 0.15) is 15.9 Å². The molecule has 1 fully saturated rings. The van der Waals surface area contributed by atoms with E-state index < -0.39 is 0 Å². The normalized spacial score (nSPS) is 14.6. The Balaban J connectivity index is 1.58. The first-order chi connectivity index (χ1) is 13.0. The molecule has 0 spiro atoms. The number of nitrogens with one attached hydrogen (secondary N) is 2. The highest BCUT2D eigenvalue weighted by Crippen LogP contribution is 2.21. The molecule has 3 rings (SSSR count). The van der Waals surface area contributed by atoms with Crippen LogP contribution in [0.15, 0.2) is 42.5 Å². The molecule has 0 atom stereocenters. The molecule has 0 saturated carbocycles. The molecule has 27 heavy (non-hydrogen) atoms. The quantitative estimate of drug-likeness (QED) is 0.826. The average molecular weight is 388 g/mol. The van der Waals surface area contributed by atoms with Gasteiger partial charge in [-0.05, 0) is 55.0 Å². The first kappa shape index (κ1) is 19.4. The van der Waals surface area contributed by atoms with Crippen LogP contribution in [0.5, 0.6) is 0 Å². The lowest BCUT2D eigenvalue weighted by Gasteiger charge is -2.25. The van der Waals surface area contributed by atoms with Crippen LogP contribution in [0.3, 0.4) is 0 Å². The predicted molar refractivity (Wildman–Crippen MR) is 106 cm³/mol. The standard InChI is InChI=1S/C20H22ClN3O3/c1-14-12-17(22-20(26)15-2-4-16(21)5-3-15)6-7-18(14)23-19(25)13-24-8-10-27-11-9-24/h2-7,12H,8-11,13H2,1H3,(H,22,26)(H,23,25). The SMILES string of the molecule is Cc1cc(NC(=O)c2ccc(Cl)cc2)ccc1NC(=O)CN1CCOCC1. The maximum absolute atomic E-state index is 12.3. The number of rotatable bonds is 5. The molecule has 2 aromatic rings. The maximum atomic E-state index is 12.3. The Labute approximate surface area is 163 Å². The highest BCUT2D eigenvalue weighted by molar-refractivity contribution is 6.30. The molecule has 1 saturated heterocycles. The lowest BCUT2D eigenvalue weighted by Crippen LogP contribution is -2.41. The van der Waals surface area contributed by atoms with Gasteiger partial charge in [0, 0.05) is 35.1 Å². The van der Waals surface area contributed by atoms with Crippen LogP contribution in [-0.2, 0) is 9.53 Å². The van der Waals surface area contributed by atoms with Gasteiger partial charge in [-0.25, -0.2) is 0 Å². The van der Waals surface area contributed by atoms with Crippen LogP contribution in [0.25, 0.3) is 0 Å². The fourth-order valence-electron chi connectivity index (χ4n) is 2.84. The Morgan fingerprint density at radius 3 is 2.44 bits per heavy atom. The van der Waals surface area contributed by atoms with E-state index in [2.05, 4.69) is 15.5 Å². The van der Waals surface area contributed by atoms with Crippen LogP contribution in [0.4, 0.5) is 11.4 Å². The van der Waals surface area contributed by atoms with Gasteiger partial charge in [-0.1, -0.05) is 11.6 Å². The summed E-state index contributed by atoms with van der Waals surface area (Å²) in [6.45, 7) is 5.09. The maximum Gasteiger partial charge on any atom is 0.255 e. The lowest BCUT2D eigenvalue weighted by atomic mass is 10.1. The van der Waals surface area contributed by atoms with Gasteiger partial charge in [0.1, 0.15) is 0 Å². The molecule has 0 bridgehead atoms. The molecule has 2 aromatic carbocycles. The number of ether oxygens (including phenoxy) is 1. The molecule has 7 heteroatoms. The third-order valence-electron chi connectivity index (χ3n) is 4.34. The second kappa shape index (κ2) is 8.99. The van der Waals surface area contributed by atoms with Crippen LogP contribution in [0.2, 0.25) is 5.02 Å². The zero-order valence-corrected chi connectivity index (χ0v) is 15.9. The van der Waals surface area contributed by atoms with Gasteiger partial charge in [0.25, 0.3) is 5.91 Å². The minimum absolute atomic E-state index is 0.0575. The Morgan fingerprint density at radius 2 is 1.78 bits per heavy atom. The number of hydrogen-bond acceptors (Lipinski definition) is 4. The molecular weight excluding hydrogens is 366 g/mol. The number of hydrogen-bond donors (Lipinski definition) is 2. The predicted octanol–water partition coefficient (Wildman–Crippen LogP) is 3.17. The highest BCUT2D eigenvalue weighted by atomic mass is 35.5. The first-order valence-corrected chi connectivity index (χ1v) is 9.16. The number of nitrogens with zero attached hydrogens (tertiary/aromatic N) is 1. The van der Waals surface area contributed by atoms with E-state index in [-0.39, 0.29) is 11.8 Å². The van der Waals surface area contributed by atoms with Gasteiger partial charge < -0.3 is 15.4 Å². The van der Waals surface area contributed by atoms with Gasteiger partial charge in [-0.3, -0.25) is 14.5 Å². The molecule has 0 aliphatic carbocycles. The van der Waals surface area contributed by atoms with Crippen LogP contribution in [-0.4, -0.2) is 49.6 Å². The molecule has 0 radical (unpaired) electrons. The molecule has 6 nitrogen and oxygen atoms in total. The van der Waals surface area contributed by atoms with Crippen molar-refractivity contribution >= 4 is 34.8 Å². The number of benzene rings is 2. The van der Waals surface area contributed by atoms with E-state index in [9.17, 15) is 9.59 Å². The number of morpholine rings is 1. The van der Waals surface area contributed by atoms with Crippen molar-refractivity contribution in [3.63, 3.8) is 0 Å². The largest absolute Gasteiger partial charge is 0.379 e. The molecule has 1 aliphatic heterocycles. The van der Waals surface area contributed by atoms with Crippen LogP contribution in [0, 0.1) is 6.92 Å². The van der Waals surface area contributed by atoms with Gasteiger partial charge in [0.15, 0.2) is 0 Å². The summed E-state index contributed by atoms with van der Waals surface area (Å²) in [4.78, 5) is 26.6. The summed E-state index contributed by atoms with van der Waals surface area (Å²) in [5.74, 6) is -0.270. The number of anilines is 2. The number of amides is 2. The number of carbonyl (C=O) groups excluding carboxylic acids is 2. The zero-order valence-electron chi connectivity index (χ0n) is 15.1. The Kier molecular flexibility index (Phi) is 6.45. The van der Waals surface area contributed by atoms with E-state index in [0.717, 1.165) is 24.3 Å². The van der Waals surface area contributed by atoms with Crippen molar-refractivity contribution in [1.82, 2.24) is 4.90 Å². The fourth-order valence-corrected chi connectivity index (χ4v) is 2.96. The second-order valence-electron chi connectivity index (χ2n) is 6.43. The Bertz CT molecular complexity index is 818. The summed E-state index contributed by atoms with van der Waals surface area (Å²) in [7, 11) is 0. The monoisotopic (exact) mass is 387 g/mol. The van der Waals surface area contributed by atoms with Crippen molar-refractivity contribution in [3.05, 3.63) is 58.6 Å². The lowest BCUT2D eigenvalue weighted by molar-refractivity contribution is -0.118. The van der Waals surface area contributed by atoms with Gasteiger partial charge in [0.05, 0.1) is 19.8 Å². The topological polar surface area (TPSA) is 70.7 Å². The minimum Gasteiger partial charge on any atom is -0.379 e. The second-order valence-corrected chi connectivity index (χ2v) is 6.86. The third kappa shape index (κ3) is 5.53. The van der Waals surface area contributed by atoms with Gasteiger partial charge >= 0.3 is 0 Å². The van der Waals surface area contributed by atoms with E-state index in [1.165, 1.54) is 0 Å². The van der Waals surface area contributed by atoms with E-state index in [1.54, 1.807) is 36.4 Å². The molecule has 142 valence electrons. The third-order valence-corrected chi connectivity index (χ3v) is 4.59. The fraction of sp³-hybridized carbons (Fsp3) is 0.300. The number of halogens is 1. The zero-order chi connectivity index (χ0) is 19.2. The molecule has 0 unspecified atom stereocenters. The number of aryl methyl sites for hydroxylation is 1. The first-order valence-electron chi connectivity index (χ1n) is 8.79. The van der Waals surface area contributed by atoms with Crippen molar-refractivity contribution in [2.24, 2.45) is 0 Å². The van der Waals surface area contributed by atoms with Crippen molar-refractivity contribution in [2.45, 2.75) is 6.92 Å². The average Bonchev–Trinajstić information content (AvgIpc) is 2.65. The Hall–Kier alpha value is -2.41. The molecular formula is C20H22ClN3O3. The smallest absolute Gasteiger partial charge is 0.255 e. The molecule has 2 N–H and O–H groups in total.